The molecule has 1 aromatic rings. The molecule has 0 saturated carbocycles. The molecule has 2 rings (SSSR count). The van der Waals surface area contributed by atoms with E-state index in [1.807, 2.05) is 18.9 Å². The van der Waals surface area contributed by atoms with E-state index in [0.717, 1.165) is 30.0 Å². The summed E-state index contributed by atoms with van der Waals surface area (Å²) in [7, 11) is 1.83. The molecule has 0 radical (unpaired) electrons. The smallest absolute Gasteiger partial charge is 0.222 e. The Morgan fingerprint density at radius 3 is 3.00 bits per heavy atom. The molecule has 5 heteroatoms. The lowest BCUT2D eigenvalue weighted by atomic mass is 10.1. The zero-order chi connectivity index (χ0) is 11.0. The summed E-state index contributed by atoms with van der Waals surface area (Å²) in [6.07, 6.45) is 1.37. The van der Waals surface area contributed by atoms with E-state index in [1.54, 1.807) is 4.68 Å². The van der Waals surface area contributed by atoms with Crippen molar-refractivity contribution in [1.82, 2.24) is 14.7 Å². The number of carbonyl (C=O) groups excluding carboxylic acids is 1. The molecule has 1 amide bonds. The molecule has 2 heterocycles. The molecule has 1 aliphatic heterocycles. The number of nitrogen functional groups attached to an aromatic ring is 1. The number of amides is 1. The molecule has 0 unspecified atom stereocenters. The summed E-state index contributed by atoms with van der Waals surface area (Å²) < 4.78 is 1.69. The van der Waals surface area contributed by atoms with Crippen molar-refractivity contribution in [2.24, 2.45) is 7.05 Å². The standard InChI is InChI=1S/C10H16N4O/c1-3-9(15)14-5-4-7-8(6-14)12-13(2)10(7)11/h3-6,11H2,1-2H3. The van der Waals surface area contributed by atoms with Crippen molar-refractivity contribution < 1.29 is 4.79 Å². The van der Waals surface area contributed by atoms with Gasteiger partial charge >= 0.3 is 0 Å². The SMILES string of the molecule is CCC(=O)N1CCc2c(nn(C)c2N)C1. The maximum Gasteiger partial charge on any atom is 0.222 e. The fourth-order valence-electron chi connectivity index (χ4n) is 1.98. The Bertz CT molecular complexity index is 396. The average Bonchev–Trinajstić information content (AvgIpc) is 2.53. The number of carbonyl (C=O) groups is 1. The first kappa shape index (κ1) is 10.0. The molecular formula is C10H16N4O. The van der Waals surface area contributed by atoms with E-state index in [2.05, 4.69) is 5.10 Å². The lowest BCUT2D eigenvalue weighted by molar-refractivity contribution is -0.131. The number of aryl methyl sites for hydroxylation is 1. The van der Waals surface area contributed by atoms with Gasteiger partial charge in [0.2, 0.25) is 5.91 Å². The van der Waals surface area contributed by atoms with Gasteiger partial charge in [-0.25, -0.2) is 0 Å². The number of nitrogens with zero attached hydrogens (tertiary/aromatic N) is 3. The second-order valence-corrected chi connectivity index (χ2v) is 3.85. The van der Waals surface area contributed by atoms with E-state index in [-0.39, 0.29) is 5.91 Å². The van der Waals surface area contributed by atoms with Crippen LogP contribution in [0.5, 0.6) is 0 Å². The van der Waals surface area contributed by atoms with Gasteiger partial charge in [0.25, 0.3) is 0 Å². The summed E-state index contributed by atoms with van der Waals surface area (Å²) in [4.78, 5) is 13.4. The summed E-state index contributed by atoms with van der Waals surface area (Å²) in [5.41, 5.74) is 7.93. The monoisotopic (exact) mass is 208 g/mol. The van der Waals surface area contributed by atoms with Crippen molar-refractivity contribution >= 4 is 11.7 Å². The quantitative estimate of drug-likeness (QED) is 0.721. The molecule has 2 N–H and O–H groups in total. The van der Waals surface area contributed by atoms with Gasteiger partial charge in [0, 0.05) is 25.6 Å². The molecule has 1 aromatic heterocycles. The number of hydrogen-bond acceptors (Lipinski definition) is 3. The second-order valence-electron chi connectivity index (χ2n) is 3.85. The van der Waals surface area contributed by atoms with Crippen LogP contribution in [0.1, 0.15) is 24.6 Å². The predicted molar refractivity (Wildman–Crippen MR) is 57.0 cm³/mol. The van der Waals surface area contributed by atoms with Crippen LogP contribution in [0, 0.1) is 0 Å². The minimum absolute atomic E-state index is 0.185. The van der Waals surface area contributed by atoms with E-state index in [0.29, 0.717) is 13.0 Å². The van der Waals surface area contributed by atoms with Crippen LogP contribution in [0.25, 0.3) is 0 Å². The van der Waals surface area contributed by atoms with Gasteiger partial charge in [-0.05, 0) is 6.42 Å². The van der Waals surface area contributed by atoms with Crippen molar-refractivity contribution in [3.63, 3.8) is 0 Å². The average molecular weight is 208 g/mol. The van der Waals surface area contributed by atoms with Gasteiger partial charge < -0.3 is 10.6 Å². The van der Waals surface area contributed by atoms with E-state index in [4.69, 9.17) is 5.73 Å². The third-order valence-electron chi connectivity index (χ3n) is 2.90. The van der Waals surface area contributed by atoms with Crippen molar-refractivity contribution in [1.29, 1.82) is 0 Å². The largest absolute Gasteiger partial charge is 0.384 e. The van der Waals surface area contributed by atoms with Gasteiger partial charge in [-0.2, -0.15) is 5.10 Å². The lowest BCUT2D eigenvalue weighted by Crippen LogP contribution is -2.35. The highest BCUT2D eigenvalue weighted by atomic mass is 16.2. The molecule has 82 valence electrons. The molecule has 0 aromatic carbocycles. The molecule has 0 bridgehead atoms. The second kappa shape index (κ2) is 3.56. The van der Waals surface area contributed by atoms with Gasteiger partial charge in [-0.1, -0.05) is 6.92 Å². The minimum Gasteiger partial charge on any atom is -0.384 e. The molecular weight excluding hydrogens is 192 g/mol. The number of rotatable bonds is 1. The van der Waals surface area contributed by atoms with Crippen LogP contribution in [-0.2, 0) is 24.8 Å². The molecule has 0 atom stereocenters. The van der Waals surface area contributed by atoms with Gasteiger partial charge in [0.1, 0.15) is 5.82 Å². The zero-order valence-corrected chi connectivity index (χ0v) is 9.16. The zero-order valence-electron chi connectivity index (χ0n) is 9.16. The van der Waals surface area contributed by atoms with Crippen LogP contribution >= 0.6 is 0 Å². The Labute approximate surface area is 88.8 Å². The molecule has 1 aliphatic rings. The van der Waals surface area contributed by atoms with Crippen molar-refractivity contribution in [3.8, 4) is 0 Å². The summed E-state index contributed by atoms with van der Waals surface area (Å²) in [6, 6.07) is 0. The van der Waals surface area contributed by atoms with Crippen molar-refractivity contribution in [3.05, 3.63) is 11.3 Å². The molecule has 0 fully saturated rings. The van der Waals surface area contributed by atoms with Gasteiger partial charge in [-0.3, -0.25) is 9.48 Å². The normalized spacial score (nSPS) is 15.2. The Kier molecular flexibility index (Phi) is 2.38. The number of nitrogens with two attached hydrogens (primary N) is 1. The highest BCUT2D eigenvalue weighted by Gasteiger charge is 2.24. The number of aromatic nitrogens is 2. The van der Waals surface area contributed by atoms with Crippen LogP contribution in [0.3, 0.4) is 0 Å². The van der Waals surface area contributed by atoms with Crippen LogP contribution in [0.15, 0.2) is 0 Å². The Morgan fingerprint density at radius 2 is 2.33 bits per heavy atom. The number of anilines is 1. The number of fused-ring (bicyclic) bond motifs is 1. The van der Waals surface area contributed by atoms with E-state index in [1.165, 1.54) is 0 Å². The molecule has 0 aliphatic carbocycles. The van der Waals surface area contributed by atoms with E-state index < -0.39 is 0 Å². The van der Waals surface area contributed by atoms with Crippen molar-refractivity contribution in [2.75, 3.05) is 12.3 Å². The van der Waals surface area contributed by atoms with Crippen LogP contribution < -0.4 is 5.73 Å². The summed E-state index contributed by atoms with van der Waals surface area (Å²) in [5, 5.41) is 4.32. The topological polar surface area (TPSA) is 64.2 Å². The van der Waals surface area contributed by atoms with Crippen LogP contribution in [-0.4, -0.2) is 27.1 Å². The Balaban J connectivity index is 2.24. The molecule has 5 nitrogen and oxygen atoms in total. The molecule has 0 saturated heterocycles. The number of hydrogen-bond donors (Lipinski definition) is 1. The fourth-order valence-corrected chi connectivity index (χ4v) is 1.98. The minimum atomic E-state index is 0.185. The maximum atomic E-state index is 11.5. The van der Waals surface area contributed by atoms with Gasteiger partial charge in [0.15, 0.2) is 0 Å². The van der Waals surface area contributed by atoms with Crippen LogP contribution in [0.2, 0.25) is 0 Å². The van der Waals surface area contributed by atoms with E-state index in [9.17, 15) is 4.79 Å². The van der Waals surface area contributed by atoms with Gasteiger partial charge in [0.05, 0.1) is 12.2 Å². The Hall–Kier alpha value is -1.52. The summed E-state index contributed by atoms with van der Waals surface area (Å²) in [6.45, 7) is 3.24. The third-order valence-corrected chi connectivity index (χ3v) is 2.90. The summed E-state index contributed by atoms with van der Waals surface area (Å²) >= 11 is 0. The first-order valence-electron chi connectivity index (χ1n) is 5.21. The van der Waals surface area contributed by atoms with Crippen LogP contribution in [0.4, 0.5) is 5.82 Å². The summed E-state index contributed by atoms with van der Waals surface area (Å²) in [5.74, 6) is 0.915. The highest BCUT2D eigenvalue weighted by molar-refractivity contribution is 5.76. The maximum absolute atomic E-state index is 11.5. The van der Waals surface area contributed by atoms with Gasteiger partial charge in [-0.15, -0.1) is 0 Å². The Morgan fingerprint density at radius 1 is 1.60 bits per heavy atom. The highest BCUT2D eigenvalue weighted by Crippen LogP contribution is 2.23. The first-order valence-corrected chi connectivity index (χ1v) is 5.21. The first-order chi connectivity index (χ1) is 7.13. The van der Waals surface area contributed by atoms with Crippen molar-refractivity contribution in [2.45, 2.75) is 26.3 Å². The lowest BCUT2D eigenvalue weighted by Gasteiger charge is -2.25. The third kappa shape index (κ3) is 1.58. The predicted octanol–water partition coefficient (Wildman–Crippen LogP) is 0.297. The molecule has 0 spiro atoms. The fraction of sp³-hybridized carbons (Fsp3) is 0.600. The van der Waals surface area contributed by atoms with E-state index >= 15 is 0 Å². The molecule has 15 heavy (non-hydrogen) atoms.